The molecule has 0 spiro atoms. The van der Waals surface area contributed by atoms with Crippen molar-refractivity contribution in [2.45, 2.75) is 75.9 Å². The lowest BCUT2D eigenvalue weighted by molar-refractivity contribution is -0.147. The molecular weight excluding hydrogens is 268 g/mol. The molecule has 5 heteroatoms. The van der Waals surface area contributed by atoms with E-state index in [9.17, 15) is 9.59 Å². The lowest BCUT2D eigenvalue weighted by atomic mass is 9.85. The van der Waals surface area contributed by atoms with E-state index in [1.807, 2.05) is 0 Å². The first kappa shape index (κ1) is 14.8. The molecule has 5 nitrogen and oxygen atoms in total. The molecule has 2 N–H and O–H groups in total. The summed E-state index contributed by atoms with van der Waals surface area (Å²) in [5.41, 5.74) is 0. The number of carboxylic acids is 1. The maximum Gasteiger partial charge on any atom is 0.323 e. The fraction of sp³-hybridized carbons (Fsp3) is 0.875. The highest BCUT2D eigenvalue weighted by Gasteiger charge is 2.41. The van der Waals surface area contributed by atoms with Crippen molar-refractivity contribution in [3.8, 4) is 0 Å². The van der Waals surface area contributed by atoms with Gasteiger partial charge in [0.1, 0.15) is 6.54 Å². The number of rotatable bonds is 4. The van der Waals surface area contributed by atoms with Gasteiger partial charge in [0.15, 0.2) is 0 Å². The number of hydrogen-bond donors (Lipinski definition) is 2. The summed E-state index contributed by atoms with van der Waals surface area (Å²) in [6, 6.07) is 0.457. The van der Waals surface area contributed by atoms with Gasteiger partial charge in [-0.3, -0.25) is 9.59 Å². The number of hydrogen-bond acceptors (Lipinski definition) is 3. The van der Waals surface area contributed by atoms with Gasteiger partial charge in [-0.15, -0.1) is 0 Å². The van der Waals surface area contributed by atoms with Crippen LogP contribution in [0.5, 0.6) is 0 Å². The summed E-state index contributed by atoms with van der Waals surface area (Å²) < 4.78 is 0. The van der Waals surface area contributed by atoms with E-state index in [1.54, 1.807) is 4.90 Å². The Morgan fingerprint density at radius 2 is 1.71 bits per heavy atom. The van der Waals surface area contributed by atoms with Crippen LogP contribution in [0.4, 0.5) is 0 Å². The molecule has 0 aromatic carbocycles. The molecule has 3 rings (SSSR count). The number of fused-ring (bicyclic) bond motifs is 1. The fourth-order valence-electron chi connectivity index (χ4n) is 4.46. The van der Waals surface area contributed by atoms with Crippen LogP contribution in [0.3, 0.4) is 0 Å². The van der Waals surface area contributed by atoms with E-state index < -0.39 is 5.97 Å². The van der Waals surface area contributed by atoms with Crippen LogP contribution in [0.15, 0.2) is 0 Å². The number of carbonyl (C=O) groups excluding carboxylic acids is 1. The van der Waals surface area contributed by atoms with Crippen molar-refractivity contribution in [2.24, 2.45) is 5.92 Å². The lowest BCUT2D eigenvalue weighted by Crippen LogP contribution is -2.50. The highest BCUT2D eigenvalue weighted by atomic mass is 16.4. The van der Waals surface area contributed by atoms with E-state index >= 15 is 0 Å². The summed E-state index contributed by atoms with van der Waals surface area (Å²) in [5.74, 6) is -0.257. The average molecular weight is 294 g/mol. The van der Waals surface area contributed by atoms with Crippen molar-refractivity contribution in [2.75, 3.05) is 6.54 Å². The molecule has 3 fully saturated rings. The molecule has 1 saturated heterocycles. The van der Waals surface area contributed by atoms with Gasteiger partial charge < -0.3 is 15.3 Å². The minimum absolute atomic E-state index is 0.0266. The monoisotopic (exact) mass is 294 g/mol. The van der Waals surface area contributed by atoms with E-state index in [4.69, 9.17) is 5.11 Å². The van der Waals surface area contributed by atoms with Crippen LogP contribution < -0.4 is 5.32 Å². The van der Waals surface area contributed by atoms with Gasteiger partial charge in [-0.25, -0.2) is 0 Å². The quantitative estimate of drug-likeness (QED) is 0.829. The molecule has 0 aromatic heterocycles. The van der Waals surface area contributed by atoms with Gasteiger partial charge in [-0.05, 0) is 38.0 Å². The van der Waals surface area contributed by atoms with Crippen LogP contribution in [-0.4, -0.2) is 46.6 Å². The third-order valence-corrected chi connectivity index (χ3v) is 5.52. The van der Waals surface area contributed by atoms with Crippen molar-refractivity contribution in [3.63, 3.8) is 0 Å². The zero-order valence-corrected chi connectivity index (χ0v) is 12.6. The van der Waals surface area contributed by atoms with Crippen LogP contribution in [0.2, 0.25) is 0 Å². The number of amides is 1. The van der Waals surface area contributed by atoms with Crippen LogP contribution in [0.1, 0.15) is 57.8 Å². The molecule has 2 aliphatic carbocycles. The maximum absolute atomic E-state index is 12.8. The van der Waals surface area contributed by atoms with Crippen LogP contribution in [0, 0.1) is 5.92 Å². The largest absolute Gasteiger partial charge is 0.480 e. The molecule has 0 aromatic rings. The summed E-state index contributed by atoms with van der Waals surface area (Å²) >= 11 is 0. The zero-order valence-electron chi connectivity index (χ0n) is 12.6. The van der Waals surface area contributed by atoms with E-state index in [0.717, 1.165) is 38.5 Å². The summed E-state index contributed by atoms with van der Waals surface area (Å²) in [6.45, 7) is -0.142. The Morgan fingerprint density at radius 3 is 2.38 bits per heavy atom. The first-order valence-electron chi connectivity index (χ1n) is 8.43. The van der Waals surface area contributed by atoms with Gasteiger partial charge in [0, 0.05) is 12.1 Å². The van der Waals surface area contributed by atoms with E-state index in [1.165, 1.54) is 19.3 Å². The van der Waals surface area contributed by atoms with Gasteiger partial charge in [-0.2, -0.15) is 0 Å². The molecule has 3 unspecified atom stereocenters. The van der Waals surface area contributed by atoms with Crippen LogP contribution in [-0.2, 0) is 9.59 Å². The Morgan fingerprint density at radius 1 is 1.05 bits per heavy atom. The summed E-state index contributed by atoms with van der Waals surface area (Å²) in [5, 5.41) is 12.6. The third kappa shape index (κ3) is 3.23. The molecule has 0 bridgehead atoms. The Kier molecular flexibility index (Phi) is 4.48. The number of carbonyl (C=O) groups is 2. The first-order chi connectivity index (χ1) is 10.1. The van der Waals surface area contributed by atoms with Crippen molar-refractivity contribution in [1.29, 1.82) is 0 Å². The highest BCUT2D eigenvalue weighted by molar-refractivity contribution is 5.86. The summed E-state index contributed by atoms with van der Waals surface area (Å²) in [4.78, 5) is 25.6. The Hall–Kier alpha value is -1.10. The predicted octanol–water partition coefficient (Wildman–Crippen LogP) is 1.76. The highest BCUT2D eigenvalue weighted by Crippen LogP contribution is 2.34. The molecule has 0 radical (unpaired) electrons. The molecule has 1 heterocycles. The van der Waals surface area contributed by atoms with Gasteiger partial charge in [0.2, 0.25) is 5.91 Å². The molecular formula is C16H26N2O3. The molecule has 21 heavy (non-hydrogen) atoms. The van der Waals surface area contributed by atoms with Crippen molar-refractivity contribution in [1.82, 2.24) is 10.2 Å². The number of nitrogens with one attached hydrogen (secondary N) is 1. The zero-order chi connectivity index (χ0) is 14.8. The minimum Gasteiger partial charge on any atom is -0.480 e. The van der Waals surface area contributed by atoms with E-state index in [-0.39, 0.29) is 24.5 Å². The topological polar surface area (TPSA) is 69.6 Å². The molecule has 118 valence electrons. The summed E-state index contributed by atoms with van der Waals surface area (Å²) in [7, 11) is 0. The molecule has 3 aliphatic rings. The van der Waals surface area contributed by atoms with Crippen molar-refractivity contribution in [3.05, 3.63) is 0 Å². The van der Waals surface area contributed by atoms with Gasteiger partial charge in [0.25, 0.3) is 0 Å². The van der Waals surface area contributed by atoms with Crippen molar-refractivity contribution >= 4 is 11.9 Å². The third-order valence-electron chi connectivity index (χ3n) is 5.52. The SMILES string of the molecule is O=C(O)CN(C(=O)C1CC2CCCCC2N1)C1CCCC1. The minimum atomic E-state index is -0.898. The molecule has 1 aliphatic heterocycles. The number of aliphatic carboxylic acids is 1. The smallest absolute Gasteiger partial charge is 0.323 e. The van der Waals surface area contributed by atoms with Crippen molar-refractivity contribution < 1.29 is 14.7 Å². The van der Waals surface area contributed by atoms with Crippen LogP contribution >= 0.6 is 0 Å². The van der Waals surface area contributed by atoms with Gasteiger partial charge >= 0.3 is 5.97 Å². The van der Waals surface area contributed by atoms with E-state index in [0.29, 0.717) is 12.0 Å². The fourth-order valence-corrected chi connectivity index (χ4v) is 4.46. The van der Waals surface area contributed by atoms with Crippen LogP contribution in [0.25, 0.3) is 0 Å². The standard InChI is InChI=1S/C16H26N2O3/c19-15(20)10-18(12-6-2-3-7-12)16(21)14-9-11-5-1-4-8-13(11)17-14/h11-14,17H,1-10H2,(H,19,20). The average Bonchev–Trinajstić information content (AvgIpc) is 3.12. The maximum atomic E-state index is 12.8. The van der Waals surface area contributed by atoms with Gasteiger partial charge in [-0.1, -0.05) is 25.7 Å². The molecule has 2 saturated carbocycles. The second-order valence-corrected chi connectivity index (χ2v) is 6.90. The van der Waals surface area contributed by atoms with E-state index in [2.05, 4.69) is 5.32 Å². The summed E-state index contributed by atoms with van der Waals surface area (Å²) in [6.07, 6.45) is 9.92. The Bertz CT molecular complexity index is 392. The van der Waals surface area contributed by atoms with Gasteiger partial charge in [0.05, 0.1) is 6.04 Å². The Labute approximate surface area is 126 Å². The normalized spacial score (nSPS) is 32.9. The predicted molar refractivity (Wildman–Crippen MR) is 78.9 cm³/mol. The number of carboxylic acid groups (broad SMARTS) is 1. The molecule has 3 atom stereocenters. The Balaban J connectivity index is 1.67. The number of nitrogens with zero attached hydrogens (tertiary/aromatic N) is 1. The first-order valence-corrected chi connectivity index (χ1v) is 8.43. The second-order valence-electron chi connectivity index (χ2n) is 6.90. The lowest BCUT2D eigenvalue weighted by Gasteiger charge is -2.30. The molecule has 1 amide bonds. The second kappa shape index (κ2) is 6.34.